The van der Waals surface area contributed by atoms with Gasteiger partial charge in [0.25, 0.3) is 0 Å². The molecule has 1 aliphatic rings. The first kappa shape index (κ1) is 19.5. The minimum atomic E-state index is -4.43. The second kappa shape index (κ2) is 6.82. The van der Waals surface area contributed by atoms with E-state index in [0.717, 1.165) is 12.3 Å². The maximum absolute atomic E-state index is 12.6. The number of likely N-dealkylation sites (tertiary alicyclic amines) is 1. The summed E-state index contributed by atoms with van der Waals surface area (Å²) in [5.41, 5.74) is -2.11. The Bertz CT molecular complexity index is 601. The molecule has 8 heteroatoms. The summed E-state index contributed by atoms with van der Waals surface area (Å²) in [6.07, 6.45) is -3.31. The molecular weight excluding hydrogens is 337 g/mol. The first-order valence-electron chi connectivity index (χ1n) is 8.10. The molecule has 1 aromatic heterocycles. The smallest absolute Gasteiger partial charge is 0.417 e. The highest BCUT2D eigenvalue weighted by molar-refractivity contribution is 5.68. The van der Waals surface area contributed by atoms with E-state index in [1.807, 2.05) is 0 Å². The van der Waals surface area contributed by atoms with Crippen LogP contribution in [0.15, 0.2) is 18.3 Å². The van der Waals surface area contributed by atoms with Crippen LogP contribution in [0.4, 0.5) is 18.0 Å². The van der Waals surface area contributed by atoms with E-state index >= 15 is 0 Å². The Hall–Kier alpha value is -1.83. The Kier molecular flexibility index (Phi) is 5.32. The number of alkyl halides is 3. The quantitative estimate of drug-likeness (QED) is 0.878. The normalized spacial score (nSPS) is 18.1. The Morgan fingerprint density at radius 3 is 2.32 bits per heavy atom. The van der Waals surface area contributed by atoms with Crippen LogP contribution >= 0.6 is 0 Å². The van der Waals surface area contributed by atoms with Crippen molar-refractivity contribution in [1.82, 2.24) is 9.88 Å². The average molecular weight is 360 g/mol. The standard InChI is InChI=1S/C17H23F3N2O3/c1-15(2,3)25-14(23)22-8-6-16(24,7-9-22)10-13-5-4-12(11-21-13)17(18,19)20/h4-5,11,24H,6-10H2,1-3H3. The topological polar surface area (TPSA) is 62.7 Å². The molecule has 25 heavy (non-hydrogen) atoms. The van der Waals surface area contributed by atoms with Gasteiger partial charge in [0.15, 0.2) is 0 Å². The van der Waals surface area contributed by atoms with E-state index in [9.17, 15) is 23.1 Å². The lowest BCUT2D eigenvalue weighted by molar-refractivity contribution is -0.137. The van der Waals surface area contributed by atoms with Crippen molar-refractivity contribution in [1.29, 1.82) is 0 Å². The minimum absolute atomic E-state index is 0.146. The molecule has 2 rings (SSSR count). The second-order valence-corrected chi connectivity index (χ2v) is 7.40. The molecule has 0 atom stereocenters. The van der Waals surface area contributed by atoms with Gasteiger partial charge in [0.05, 0.1) is 11.2 Å². The van der Waals surface area contributed by atoms with Gasteiger partial charge in [-0.05, 0) is 45.7 Å². The lowest BCUT2D eigenvalue weighted by Gasteiger charge is -2.38. The summed E-state index contributed by atoms with van der Waals surface area (Å²) in [6.45, 7) is 5.99. The Morgan fingerprint density at radius 1 is 1.28 bits per heavy atom. The van der Waals surface area contributed by atoms with Gasteiger partial charge in [-0.15, -0.1) is 0 Å². The average Bonchev–Trinajstić information content (AvgIpc) is 2.45. The fraction of sp³-hybridized carbons (Fsp3) is 0.647. The van der Waals surface area contributed by atoms with Crippen LogP contribution in [0.25, 0.3) is 0 Å². The zero-order valence-corrected chi connectivity index (χ0v) is 14.6. The fourth-order valence-corrected chi connectivity index (χ4v) is 2.64. The number of aromatic nitrogens is 1. The van der Waals surface area contributed by atoms with Crippen LogP contribution in [-0.2, 0) is 17.3 Å². The molecule has 0 saturated carbocycles. The zero-order chi connectivity index (χ0) is 18.9. The van der Waals surface area contributed by atoms with Gasteiger partial charge in [-0.3, -0.25) is 4.98 Å². The summed E-state index contributed by atoms with van der Waals surface area (Å²) >= 11 is 0. The second-order valence-electron chi connectivity index (χ2n) is 7.40. The first-order chi connectivity index (χ1) is 11.4. The molecule has 1 N–H and O–H groups in total. The van der Waals surface area contributed by atoms with Gasteiger partial charge in [-0.1, -0.05) is 0 Å². The van der Waals surface area contributed by atoms with E-state index in [-0.39, 0.29) is 6.42 Å². The lowest BCUT2D eigenvalue weighted by atomic mass is 9.87. The molecule has 0 aromatic carbocycles. The van der Waals surface area contributed by atoms with Gasteiger partial charge in [-0.25, -0.2) is 4.79 Å². The molecule has 0 unspecified atom stereocenters. The maximum Gasteiger partial charge on any atom is 0.417 e. The van der Waals surface area contributed by atoms with E-state index in [4.69, 9.17) is 4.74 Å². The first-order valence-corrected chi connectivity index (χ1v) is 8.10. The van der Waals surface area contributed by atoms with Gasteiger partial charge in [0.2, 0.25) is 0 Å². The van der Waals surface area contributed by atoms with E-state index in [1.54, 1.807) is 20.8 Å². The zero-order valence-electron chi connectivity index (χ0n) is 14.6. The number of rotatable bonds is 2. The molecule has 5 nitrogen and oxygen atoms in total. The minimum Gasteiger partial charge on any atom is -0.444 e. The van der Waals surface area contributed by atoms with Crippen molar-refractivity contribution in [2.75, 3.05) is 13.1 Å². The SMILES string of the molecule is CC(C)(C)OC(=O)N1CCC(O)(Cc2ccc(C(F)(F)F)cn2)CC1. The van der Waals surface area contributed by atoms with E-state index < -0.39 is 29.0 Å². The number of pyridine rings is 1. The highest BCUT2D eigenvalue weighted by Crippen LogP contribution is 2.30. The number of carbonyl (C=O) groups excluding carboxylic acids is 1. The van der Waals surface area contributed by atoms with Gasteiger partial charge in [0, 0.05) is 31.4 Å². The van der Waals surface area contributed by atoms with Crippen molar-refractivity contribution >= 4 is 6.09 Å². The molecule has 1 fully saturated rings. The summed E-state index contributed by atoms with van der Waals surface area (Å²) in [7, 11) is 0. The summed E-state index contributed by atoms with van der Waals surface area (Å²) in [5.74, 6) is 0. The maximum atomic E-state index is 12.6. The summed E-state index contributed by atoms with van der Waals surface area (Å²) in [5, 5.41) is 10.6. The number of nitrogens with zero attached hydrogens (tertiary/aromatic N) is 2. The van der Waals surface area contributed by atoms with E-state index in [0.29, 0.717) is 31.6 Å². The Balaban J connectivity index is 1.93. The summed E-state index contributed by atoms with van der Waals surface area (Å²) in [6, 6.07) is 2.24. The highest BCUT2D eigenvalue weighted by atomic mass is 19.4. The fourth-order valence-electron chi connectivity index (χ4n) is 2.64. The molecule has 1 aliphatic heterocycles. The molecule has 0 aliphatic carbocycles. The van der Waals surface area contributed by atoms with Gasteiger partial charge in [-0.2, -0.15) is 13.2 Å². The molecule has 1 saturated heterocycles. The third-order valence-corrected chi connectivity index (χ3v) is 4.01. The third kappa shape index (κ3) is 5.59. The van der Waals surface area contributed by atoms with E-state index in [1.165, 1.54) is 11.0 Å². The van der Waals surface area contributed by atoms with Crippen molar-refractivity contribution in [3.05, 3.63) is 29.6 Å². The number of ether oxygens (including phenoxy) is 1. The number of hydrogen-bond donors (Lipinski definition) is 1. The molecule has 140 valence electrons. The van der Waals surface area contributed by atoms with Gasteiger partial charge >= 0.3 is 12.3 Å². The molecular formula is C17H23F3N2O3. The Labute approximate surface area is 144 Å². The van der Waals surface area contributed by atoms with Crippen molar-refractivity contribution < 1.29 is 27.8 Å². The van der Waals surface area contributed by atoms with Crippen LogP contribution in [0.3, 0.4) is 0 Å². The predicted octanol–water partition coefficient (Wildman–Crippen LogP) is 3.40. The summed E-state index contributed by atoms with van der Waals surface area (Å²) < 4.78 is 42.9. The molecule has 1 amide bonds. The van der Waals surface area contributed by atoms with Crippen LogP contribution in [0.1, 0.15) is 44.9 Å². The molecule has 0 bridgehead atoms. The van der Waals surface area contributed by atoms with Gasteiger partial charge in [0.1, 0.15) is 5.60 Å². The van der Waals surface area contributed by atoms with Crippen molar-refractivity contribution in [2.24, 2.45) is 0 Å². The monoisotopic (exact) mass is 360 g/mol. The lowest BCUT2D eigenvalue weighted by Crippen LogP contribution is -2.49. The van der Waals surface area contributed by atoms with Crippen LogP contribution in [0, 0.1) is 0 Å². The van der Waals surface area contributed by atoms with Crippen molar-refractivity contribution in [2.45, 2.75) is 57.4 Å². The highest BCUT2D eigenvalue weighted by Gasteiger charge is 2.36. The molecule has 0 radical (unpaired) electrons. The molecule has 1 aromatic rings. The number of amides is 1. The van der Waals surface area contributed by atoms with Crippen LogP contribution in [0.2, 0.25) is 0 Å². The number of hydrogen-bond acceptors (Lipinski definition) is 4. The number of aliphatic hydroxyl groups is 1. The number of piperidine rings is 1. The predicted molar refractivity (Wildman–Crippen MR) is 84.9 cm³/mol. The van der Waals surface area contributed by atoms with Crippen molar-refractivity contribution in [3.63, 3.8) is 0 Å². The van der Waals surface area contributed by atoms with Crippen LogP contribution < -0.4 is 0 Å². The third-order valence-electron chi connectivity index (χ3n) is 4.01. The van der Waals surface area contributed by atoms with Crippen molar-refractivity contribution in [3.8, 4) is 0 Å². The largest absolute Gasteiger partial charge is 0.444 e. The van der Waals surface area contributed by atoms with Crippen LogP contribution in [-0.4, -0.2) is 45.4 Å². The summed E-state index contributed by atoms with van der Waals surface area (Å²) in [4.78, 5) is 17.3. The van der Waals surface area contributed by atoms with Crippen LogP contribution in [0.5, 0.6) is 0 Å². The molecule has 0 spiro atoms. The van der Waals surface area contributed by atoms with Gasteiger partial charge < -0.3 is 14.7 Å². The molecule has 2 heterocycles. The Morgan fingerprint density at radius 2 is 1.88 bits per heavy atom. The van der Waals surface area contributed by atoms with E-state index in [2.05, 4.69) is 4.98 Å². The number of halogens is 3. The number of carbonyl (C=O) groups is 1.